The Morgan fingerprint density at radius 1 is 1.24 bits per heavy atom. The highest BCUT2D eigenvalue weighted by atomic mass is 16.5. The zero-order valence-corrected chi connectivity index (χ0v) is 14.0. The molecule has 0 saturated heterocycles. The van der Waals surface area contributed by atoms with Gasteiger partial charge in [0.15, 0.2) is 0 Å². The number of aliphatic carboxylic acids is 1. The number of hydrogen-bond acceptors (Lipinski definition) is 4. The van der Waals surface area contributed by atoms with Gasteiger partial charge in [0.05, 0.1) is 24.8 Å². The van der Waals surface area contributed by atoms with Gasteiger partial charge in [-0.05, 0) is 37.8 Å². The molecule has 1 aliphatic carbocycles. The number of nitrogens with one attached hydrogen (secondary N) is 1. The molecule has 3 rings (SSSR count). The minimum Gasteiger partial charge on any atom is -0.494 e. The Bertz CT molecular complexity index is 763. The highest BCUT2D eigenvalue weighted by Gasteiger charge is 2.27. The molecule has 1 heterocycles. The van der Waals surface area contributed by atoms with E-state index in [0.29, 0.717) is 37.0 Å². The molecule has 132 valence electrons. The molecule has 1 aromatic carbocycles. The average molecular weight is 343 g/mol. The van der Waals surface area contributed by atoms with Crippen LogP contribution in [-0.2, 0) is 4.79 Å². The van der Waals surface area contributed by atoms with Gasteiger partial charge in [-0.3, -0.25) is 9.59 Å². The number of nitrogens with zero attached hydrogens (tertiary/aromatic N) is 2. The van der Waals surface area contributed by atoms with Gasteiger partial charge in [0, 0.05) is 12.2 Å². The summed E-state index contributed by atoms with van der Waals surface area (Å²) in [6.45, 7) is 0. The van der Waals surface area contributed by atoms with E-state index < -0.39 is 5.97 Å². The molecule has 0 bridgehead atoms. The number of benzene rings is 1. The number of carbonyl (C=O) groups is 2. The van der Waals surface area contributed by atoms with Gasteiger partial charge >= 0.3 is 5.97 Å². The van der Waals surface area contributed by atoms with Crippen molar-refractivity contribution in [2.75, 3.05) is 7.11 Å². The van der Waals surface area contributed by atoms with Crippen LogP contribution in [0.5, 0.6) is 5.75 Å². The van der Waals surface area contributed by atoms with E-state index in [9.17, 15) is 9.59 Å². The summed E-state index contributed by atoms with van der Waals surface area (Å²) in [5.41, 5.74) is 1.22. The van der Waals surface area contributed by atoms with Crippen LogP contribution in [-0.4, -0.2) is 39.9 Å². The fraction of sp³-hybridized carbons (Fsp3) is 0.389. The van der Waals surface area contributed by atoms with Crippen LogP contribution in [0.3, 0.4) is 0 Å². The second kappa shape index (κ2) is 7.38. The highest BCUT2D eigenvalue weighted by molar-refractivity contribution is 5.94. The summed E-state index contributed by atoms with van der Waals surface area (Å²) in [7, 11) is 1.59. The lowest BCUT2D eigenvalue weighted by atomic mass is 9.86. The van der Waals surface area contributed by atoms with Gasteiger partial charge in [-0.2, -0.15) is 5.10 Å². The molecule has 7 nitrogen and oxygen atoms in total. The Morgan fingerprint density at radius 2 is 1.96 bits per heavy atom. The Balaban J connectivity index is 1.64. The van der Waals surface area contributed by atoms with E-state index in [1.807, 2.05) is 24.3 Å². The largest absolute Gasteiger partial charge is 0.494 e. The molecule has 7 heteroatoms. The number of amides is 1. The lowest BCUT2D eigenvalue weighted by molar-refractivity contribution is -0.142. The number of aromatic nitrogens is 2. The number of para-hydroxylation sites is 2. The van der Waals surface area contributed by atoms with Crippen molar-refractivity contribution in [3.63, 3.8) is 0 Å². The fourth-order valence-corrected chi connectivity index (χ4v) is 3.14. The molecule has 0 aliphatic heterocycles. The van der Waals surface area contributed by atoms with Crippen molar-refractivity contribution >= 4 is 11.9 Å². The van der Waals surface area contributed by atoms with Crippen molar-refractivity contribution in [3.8, 4) is 11.4 Å². The number of carboxylic acid groups (broad SMARTS) is 1. The van der Waals surface area contributed by atoms with E-state index in [4.69, 9.17) is 9.84 Å². The number of ether oxygens (including phenoxy) is 1. The number of carbonyl (C=O) groups excluding carboxylic acids is 1. The van der Waals surface area contributed by atoms with Crippen LogP contribution in [0.2, 0.25) is 0 Å². The molecule has 1 saturated carbocycles. The van der Waals surface area contributed by atoms with Crippen LogP contribution < -0.4 is 10.1 Å². The molecule has 0 radical (unpaired) electrons. The van der Waals surface area contributed by atoms with Crippen LogP contribution in [0.25, 0.3) is 5.69 Å². The van der Waals surface area contributed by atoms with E-state index >= 15 is 0 Å². The number of hydrogen-bond donors (Lipinski definition) is 2. The quantitative estimate of drug-likeness (QED) is 0.868. The van der Waals surface area contributed by atoms with Gasteiger partial charge in [-0.15, -0.1) is 0 Å². The Hall–Kier alpha value is -2.83. The maximum absolute atomic E-state index is 12.4. The van der Waals surface area contributed by atoms with Gasteiger partial charge in [0.25, 0.3) is 5.91 Å². The number of carboxylic acids is 1. The van der Waals surface area contributed by atoms with Crippen LogP contribution in [0.15, 0.2) is 36.7 Å². The first-order valence-corrected chi connectivity index (χ1v) is 8.30. The van der Waals surface area contributed by atoms with Gasteiger partial charge in [-0.1, -0.05) is 12.1 Å². The maximum Gasteiger partial charge on any atom is 0.306 e. The Kier molecular flexibility index (Phi) is 5.02. The van der Waals surface area contributed by atoms with Crippen LogP contribution in [0, 0.1) is 5.92 Å². The lowest BCUT2D eigenvalue weighted by Crippen LogP contribution is -2.38. The van der Waals surface area contributed by atoms with Crippen molar-refractivity contribution in [1.29, 1.82) is 0 Å². The van der Waals surface area contributed by atoms with Gasteiger partial charge in [0.2, 0.25) is 0 Å². The summed E-state index contributed by atoms with van der Waals surface area (Å²) in [4.78, 5) is 23.4. The van der Waals surface area contributed by atoms with Crippen molar-refractivity contribution in [2.45, 2.75) is 31.7 Å². The van der Waals surface area contributed by atoms with Crippen LogP contribution in [0.1, 0.15) is 36.0 Å². The van der Waals surface area contributed by atoms with E-state index in [1.165, 1.54) is 6.20 Å². The third kappa shape index (κ3) is 3.81. The molecule has 1 aliphatic rings. The number of rotatable bonds is 5. The van der Waals surface area contributed by atoms with Gasteiger partial charge in [0.1, 0.15) is 11.4 Å². The smallest absolute Gasteiger partial charge is 0.306 e. The third-order valence-corrected chi connectivity index (χ3v) is 4.59. The van der Waals surface area contributed by atoms with E-state index in [-0.39, 0.29) is 17.9 Å². The van der Waals surface area contributed by atoms with Crippen molar-refractivity contribution < 1.29 is 19.4 Å². The monoisotopic (exact) mass is 343 g/mol. The molecular formula is C18H21N3O4. The lowest BCUT2D eigenvalue weighted by Gasteiger charge is -2.26. The molecule has 2 aromatic rings. The van der Waals surface area contributed by atoms with E-state index in [2.05, 4.69) is 10.4 Å². The Morgan fingerprint density at radius 3 is 2.64 bits per heavy atom. The SMILES string of the molecule is COc1ccccc1-n1cc(C(=O)NC2CCC(C(=O)O)CC2)cn1. The third-order valence-electron chi connectivity index (χ3n) is 4.59. The molecule has 0 unspecified atom stereocenters. The van der Waals surface area contributed by atoms with Crippen molar-refractivity contribution in [3.05, 3.63) is 42.2 Å². The number of methoxy groups -OCH3 is 1. The minimum atomic E-state index is -0.747. The second-order valence-electron chi connectivity index (χ2n) is 6.21. The molecule has 1 fully saturated rings. The molecule has 2 N–H and O–H groups in total. The summed E-state index contributed by atoms with van der Waals surface area (Å²) in [5, 5.41) is 16.2. The van der Waals surface area contributed by atoms with Crippen LogP contribution >= 0.6 is 0 Å². The average Bonchev–Trinajstić information content (AvgIpc) is 3.12. The second-order valence-corrected chi connectivity index (χ2v) is 6.21. The van der Waals surface area contributed by atoms with Crippen molar-refractivity contribution in [2.24, 2.45) is 5.92 Å². The summed E-state index contributed by atoms with van der Waals surface area (Å²) in [5.74, 6) is -0.561. The highest BCUT2D eigenvalue weighted by Crippen LogP contribution is 2.25. The fourth-order valence-electron chi connectivity index (χ4n) is 3.14. The Labute approximate surface area is 145 Å². The topological polar surface area (TPSA) is 93.5 Å². The molecular weight excluding hydrogens is 322 g/mol. The van der Waals surface area contributed by atoms with Crippen molar-refractivity contribution in [1.82, 2.24) is 15.1 Å². The molecule has 1 amide bonds. The zero-order valence-electron chi connectivity index (χ0n) is 14.0. The first-order chi connectivity index (χ1) is 12.1. The zero-order chi connectivity index (χ0) is 17.8. The molecule has 1 aromatic heterocycles. The summed E-state index contributed by atoms with van der Waals surface area (Å²) < 4.78 is 6.92. The first-order valence-electron chi connectivity index (χ1n) is 8.30. The first kappa shape index (κ1) is 17.0. The summed E-state index contributed by atoms with van der Waals surface area (Å²) in [6.07, 6.45) is 5.74. The van der Waals surface area contributed by atoms with Crippen LogP contribution in [0.4, 0.5) is 0 Å². The summed E-state index contributed by atoms with van der Waals surface area (Å²) >= 11 is 0. The van der Waals surface area contributed by atoms with E-state index in [1.54, 1.807) is 18.0 Å². The predicted molar refractivity (Wildman–Crippen MR) is 91.0 cm³/mol. The molecule has 0 atom stereocenters. The molecule has 25 heavy (non-hydrogen) atoms. The van der Waals surface area contributed by atoms with Gasteiger partial charge in [-0.25, -0.2) is 4.68 Å². The van der Waals surface area contributed by atoms with Gasteiger partial charge < -0.3 is 15.2 Å². The van der Waals surface area contributed by atoms with E-state index in [0.717, 1.165) is 5.69 Å². The maximum atomic E-state index is 12.4. The minimum absolute atomic E-state index is 0.0118. The predicted octanol–water partition coefficient (Wildman–Crippen LogP) is 2.25. The standard InChI is InChI=1S/C18H21N3O4/c1-25-16-5-3-2-4-15(16)21-11-13(10-19-21)17(22)20-14-8-6-12(7-9-14)18(23)24/h2-5,10-12,14H,6-9H2,1H3,(H,20,22)(H,23,24). The molecule has 0 spiro atoms. The normalized spacial score (nSPS) is 20.0. The summed E-state index contributed by atoms with van der Waals surface area (Å²) in [6, 6.07) is 7.45.